The van der Waals surface area contributed by atoms with Gasteiger partial charge in [-0.1, -0.05) is 10.4 Å². The van der Waals surface area contributed by atoms with Crippen molar-refractivity contribution in [2.45, 2.75) is 34.2 Å². The molecular weight excluding hydrogens is 318 g/mol. The van der Waals surface area contributed by atoms with Crippen molar-refractivity contribution in [3.8, 4) is 0 Å². The molecule has 0 saturated heterocycles. The van der Waals surface area contributed by atoms with Crippen molar-refractivity contribution in [3.63, 3.8) is 0 Å². The van der Waals surface area contributed by atoms with Gasteiger partial charge >= 0.3 is 0 Å². The van der Waals surface area contributed by atoms with E-state index >= 15 is 0 Å². The van der Waals surface area contributed by atoms with Crippen LogP contribution in [0.4, 0.5) is 5.69 Å². The molecule has 0 saturated carbocycles. The maximum Gasteiger partial charge on any atom is 0.278 e. The molecule has 23 heavy (non-hydrogen) atoms. The van der Waals surface area contributed by atoms with E-state index < -0.39 is 0 Å². The second kappa shape index (κ2) is 5.88. The molecule has 3 aromatic rings. The lowest BCUT2D eigenvalue weighted by atomic mass is 10.2. The lowest BCUT2D eigenvalue weighted by molar-refractivity contribution is 0.102. The Bertz CT molecular complexity index is 844. The first-order valence-corrected chi connectivity index (χ1v) is 7.62. The third kappa shape index (κ3) is 2.84. The van der Waals surface area contributed by atoms with Crippen LogP contribution < -0.4 is 5.32 Å². The van der Waals surface area contributed by atoms with Crippen LogP contribution in [0.1, 0.15) is 39.0 Å². The summed E-state index contributed by atoms with van der Waals surface area (Å²) >= 11 is 1.15. The first-order chi connectivity index (χ1) is 11.0. The summed E-state index contributed by atoms with van der Waals surface area (Å²) in [5, 5.41) is 14.6. The second-order valence-electron chi connectivity index (χ2n) is 5.13. The fraction of sp³-hybridized carbons (Fsp3) is 0.385. The molecule has 0 aromatic carbocycles. The largest absolute Gasteiger partial charge is 0.359 e. The number of anilines is 1. The molecule has 0 aliphatic rings. The first kappa shape index (κ1) is 15.3. The molecule has 0 bridgehead atoms. The van der Waals surface area contributed by atoms with Gasteiger partial charge in [0.25, 0.3) is 5.91 Å². The normalized spacial score (nSPS) is 11.0. The smallest absolute Gasteiger partial charge is 0.278 e. The highest BCUT2D eigenvalue weighted by molar-refractivity contribution is 6.99. The number of aryl methyl sites for hydroxylation is 3. The van der Waals surface area contributed by atoms with E-state index in [2.05, 4.69) is 29.5 Å². The van der Waals surface area contributed by atoms with Crippen LogP contribution in [0.15, 0.2) is 4.52 Å². The number of rotatable bonds is 4. The lowest BCUT2D eigenvalue weighted by Crippen LogP contribution is -2.15. The average Bonchev–Trinajstić information content (AvgIpc) is 3.17. The number of carbonyl (C=O) groups is 1. The maximum atomic E-state index is 12.4. The minimum Gasteiger partial charge on any atom is -0.359 e. The standard InChI is InChI=1S/C13H15N7O2S/c1-6-10(18-23-17-6)5-20-8(3)12(15-19-20)13(21)14-11-7(2)16-22-9(11)4/h5H2,1-4H3,(H,14,21). The quantitative estimate of drug-likeness (QED) is 0.772. The number of aromatic nitrogens is 6. The number of hydrogen-bond donors (Lipinski definition) is 1. The van der Waals surface area contributed by atoms with Crippen molar-refractivity contribution in [1.82, 2.24) is 28.9 Å². The van der Waals surface area contributed by atoms with Gasteiger partial charge in [-0.3, -0.25) is 4.79 Å². The van der Waals surface area contributed by atoms with Gasteiger partial charge in [-0.25, -0.2) is 4.68 Å². The van der Waals surface area contributed by atoms with Crippen molar-refractivity contribution in [3.05, 3.63) is 34.2 Å². The van der Waals surface area contributed by atoms with E-state index in [1.54, 1.807) is 25.5 Å². The second-order valence-corrected chi connectivity index (χ2v) is 5.66. The van der Waals surface area contributed by atoms with Crippen LogP contribution >= 0.6 is 11.7 Å². The van der Waals surface area contributed by atoms with Gasteiger partial charge in [0.15, 0.2) is 11.5 Å². The Kier molecular flexibility index (Phi) is 3.90. The number of hydrogen-bond acceptors (Lipinski definition) is 8. The zero-order valence-electron chi connectivity index (χ0n) is 13.1. The molecule has 0 unspecified atom stereocenters. The van der Waals surface area contributed by atoms with E-state index in [0.29, 0.717) is 29.4 Å². The fourth-order valence-electron chi connectivity index (χ4n) is 2.09. The summed E-state index contributed by atoms with van der Waals surface area (Å²) in [7, 11) is 0. The van der Waals surface area contributed by atoms with Gasteiger partial charge in [-0.05, 0) is 27.7 Å². The molecule has 120 valence electrons. The molecule has 3 rings (SSSR count). The van der Waals surface area contributed by atoms with Crippen molar-refractivity contribution >= 4 is 23.3 Å². The van der Waals surface area contributed by atoms with Gasteiger partial charge in [0.05, 0.1) is 35.4 Å². The molecule has 1 amide bonds. The minimum absolute atomic E-state index is 0.255. The molecule has 0 aliphatic carbocycles. The molecular formula is C13H15N7O2S. The van der Waals surface area contributed by atoms with Crippen molar-refractivity contribution in [2.75, 3.05) is 5.32 Å². The Labute approximate surface area is 136 Å². The molecule has 0 atom stereocenters. The monoisotopic (exact) mass is 333 g/mol. The zero-order chi connectivity index (χ0) is 16.6. The minimum atomic E-state index is -0.351. The molecule has 0 aliphatic heterocycles. The summed E-state index contributed by atoms with van der Waals surface area (Å²) in [5.74, 6) is 0.196. The molecule has 3 aromatic heterocycles. The van der Waals surface area contributed by atoms with Gasteiger partial charge in [0, 0.05) is 0 Å². The molecule has 10 heteroatoms. The van der Waals surface area contributed by atoms with E-state index in [1.807, 2.05) is 6.92 Å². The number of carbonyl (C=O) groups excluding carboxylic acids is 1. The number of nitrogens with zero attached hydrogens (tertiary/aromatic N) is 6. The Morgan fingerprint density at radius 1 is 1.22 bits per heavy atom. The summed E-state index contributed by atoms with van der Waals surface area (Å²) in [6.45, 7) is 7.60. The van der Waals surface area contributed by atoms with Crippen LogP contribution in [-0.4, -0.2) is 34.8 Å². The van der Waals surface area contributed by atoms with Crippen LogP contribution in [0, 0.1) is 27.7 Å². The summed E-state index contributed by atoms with van der Waals surface area (Å²) in [5.41, 5.74) is 3.76. The van der Waals surface area contributed by atoms with Gasteiger partial charge in [0.2, 0.25) is 0 Å². The molecule has 3 heterocycles. The SMILES string of the molecule is Cc1nsnc1Cn1nnc(C(=O)Nc2c(C)noc2C)c1C. The summed E-state index contributed by atoms with van der Waals surface area (Å²) in [4.78, 5) is 12.4. The van der Waals surface area contributed by atoms with Gasteiger partial charge in [-0.2, -0.15) is 8.75 Å². The molecule has 0 spiro atoms. The third-order valence-electron chi connectivity index (χ3n) is 3.52. The van der Waals surface area contributed by atoms with Gasteiger partial charge in [0.1, 0.15) is 11.4 Å². The van der Waals surface area contributed by atoms with Crippen LogP contribution in [0.5, 0.6) is 0 Å². The van der Waals surface area contributed by atoms with Gasteiger partial charge < -0.3 is 9.84 Å². The van der Waals surface area contributed by atoms with Crippen LogP contribution in [0.25, 0.3) is 0 Å². The number of nitrogens with one attached hydrogen (secondary N) is 1. The van der Waals surface area contributed by atoms with Crippen LogP contribution in [-0.2, 0) is 6.54 Å². The van der Waals surface area contributed by atoms with E-state index in [4.69, 9.17) is 4.52 Å². The first-order valence-electron chi connectivity index (χ1n) is 6.89. The fourth-order valence-corrected chi connectivity index (χ4v) is 2.65. The van der Waals surface area contributed by atoms with E-state index in [9.17, 15) is 4.79 Å². The van der Waals surface area contributed by atoms with E-state index in [-0.39, 0.29) is 11.6 Å². The van der Waals surface area contributed by atoms with Crippen molar-refractivity contribution in [2.24, 2.45) is 0 Å². The Morgan fingerprint density at radius 2 is 2.00 bits per heavy atom. The molecule has 0 radical (unpaired) electrons. The highest BCUT2D eigenvalue weighted by Crippen LogP contribution is 2.20. The Balaban J connectivity index is 1.81. The Hall–Kier alpha value is -2.62. The van der Waals surface area contributed by atoms with Crippen molar-refractivity contribution < 1.29 is 9.32 Å². The van der Waals surface area contributed by atoms with Crippen LogP contribution in [0.2, 0.25) is 0 Å². The average molecular weight is 333 g/mol. The molecule has 9 nitrogen and oxygen atoms in total. The van der Waals surface area contributed by atoms with Crippen molar-refractivity contribution in [1.29, 1.82) is 0 Å². The lowest BCUT2D eigenvalue weighted by Gasteiger charge is -2.04. The summed E-state index contributed by atoms with van der Waals surface area (Å²) < 4.78 is 15.0. The van der Waals surface area contributed by atoms with Crippen LogP contribution in [0.3, 0.4) is 0 Å². The summed E-state index contributed by atoms with van der Waals surface area (Å²) in [6, 6.07) is 0. The highest BCUT2D eigenvalue weighted by Gasteiger charge is 2.20. The predicted molar refractivity (Wildman–Crippen MR) is 82.4 cm³/mol. The topological polar surface area (TPSA) is 112 Å². The Morgan fingerprint density at radius 3 is 2.61 bits per heavy atom. The number of amides is 1. The highest BCUT2D eigenvalue weighted by atomic mass is 32.1. The predicted octanol–water partition coefficient (Wildman–Crippen LogP) is 1.65. The molecule has 0 fully saturated rings. The maximum absolute atomic E-state index is 12.4. The van der Waals surface area contributed by atoms with Gasteiger partial charge in [-0.15, -0.1) is 5.10 Å². The summed E-state index contributed by atoms with van der Waals surface area (Å²) in [6.07, 6.45) is 0. The van der Waals surface area contributed by atoms with E-state index in [0.717, 1.165) is 23.1 Å². The molecule has 1 N–H and O–H groups in total. The third-order valence-corrected chi connectivity index (χ3v) is 4.17. The van der Waals surface area contributed by atoms with E-state index in [1.165, 1.54) is 0 Å². The zero-order valence-corrected chi connectivity index (χ0v) is 13.9.